The van der Waals surface area contributed by atoms with E-state index >= 15 is 0 Å². The van der Waals surface area contributed by atoms with E-state index < -0.39 is 9.84 Å². The smallest absolute Gasteiger partial charge is 0.182 e. The largest absolute Gasteiger partial charge is 0.350 e. The van der Waals surface area contributed by atoms with Crippen molar-refractivity contribution < 1.29 is 13.2 Å². The van der Waals surface area contributed by atoms with E-state index in [1.54, 1.807) is 18.2 Å². The Bertz CT molecular complexity index is 934. The fraction of sp³-hybridized carbons (Fsp3) is 0.400. The van der Waals surface area contributed by atoms with Crippen LogP contribution in [0.4, 0.5) is 0 Å². The number of H-pyrrole nitrogens is 1. The average Bonchev–Trinajstić information content (AvgIpc) is 2.99. The van der Waals surface area contributed by atoms with Gasteiger partial charge in [0.25, 0.3) is 0 Å². The van der Waals surface area contributed by atoms with Crippen LogP contribution in [0.1, 0.15) is 60.6 Å². The third-order valence-corrected chi connectivity index (χ3v) is 7.41. The molecule has 138 valence electrons. The van der Waals surface area contributed by atoms with Gasteiger partial charge < -0.3 is 4.98 Å². The van der Waals surface area contributed by atoms with E-state index in [-0.39, 0.29) is 15.9 Å². The van der Waals surface area contributed by atoms with Crippen LogP contribution in [0.15, 0.2) is 29.8 Å². The molecular weight excluding hydrogens is 348 g/mol. The van der Waals surface area contributed by atoms with Crippen molar-refractivity contribution in [1.82, 2.24) is 9.97 Å². The number of Topliss-reactive ketones (excluding diaryl/α,β-unsaturated/α-hetero) is 1. The molecule has 1 fully saturated rings. The van der Waals surface area contributed by atoms with E-state index in [4.69, 9.17) is 0 Å². The van der Waals surface area contributed by atoms with Crippen molar-refractivity contribution in [1.29, 1.82) is 0 Å². The highest BCUT2D eigenvalue weighted by Gasteiger charge is 2.29. The Labute approximate surface area is 154 Å². The quantitative estimate of drug-likeness (QED) is 0.792. The summed E-state index contributed by atoms with van der Waals surface area (Å²) >= 11 is 0. The van der Waals surface area contributed by atoms with Crippen molar-refractivity contribution in [3.05, 3.63) is 41.7 Å². The number of pyridine rings is 1. The highest BCUT2D eigenvalue weighted by Crippen LogP contribution is 2.31. The van der Waals surface area contributed by atoms with Gasteiger partial charge in [0.1, 0.15) is 0 Å². The normalized spacial score (nSPS) is 15.8. The number of hydrogen-bond acceptors (Lipinski definition) is 4. The first-order chi connectivity index (χ1) is 12.4. The fourth-order valence-electron chi connectivity index (χ4n) is 3.68. The summed E-state index contributed by atoms with van der Waals surface area (Å²) in [6.07, 6.45) is 7.60. The summed E-state index contributed by atoms with van der Waals surface area (Å²) in [5, 5.41) is -0.301. The van der Waals surface area contributed by atoms with E-state index in [0.717, 1.165) is 43.2 Å². The Morgan fingerprint density at radius 3 is 2.50 bits per heavy atom. The highest BCUT2D eigenvalue weighted by molar-refractivity contribution is 7.92. The van der Waals surface area contributed by atoms with Crippen molar-refractivity contribution in [3.63, 3.8) is 0 Å². The summed E-state index contributed by atoms with van der Waals surface area (Å²) in [4.78, 5) is 19.5. The van der Waals surface area contributed by atoms with E-state index in [2.05, 4.69) is 16.5 Å². The molecule has 0 unspecified atom stereocenters. The summed E-state index contributed by atoms with van der Waals surface area (Å²) in [5.41, 5.74) is 3.44. The number of nitrogens with zero attached hydrogens (tertiary/aromatic N) is 1. The number of carbonyl (C=O) groups is 1. The topological polar surface area (TPSA) is 79.9 Å². The first-order valence-corrected chi connectivity index (χ1v) is 10.5. The van der Waals surface area contributed by atoms with Gasteiger partial charge in [0.05, 0.1) is 27.2 Å². The Morgan fingerprint density at radius 2 is 1.96 bits per heavy atom. The molecule has 0 aromatic carbocycles. The third kappa shape index (κ3) is 3.26. The number of aromatic nitrogens is 2. The minimum absolute atomic E-state index is 0.0617. The first-order valence-electron chi connectivity index (χ1n) is 8.92. The zero-order valence-corrected chi connectivity index (χ0v) is 16.0. The maximum absolute atomic E-state index is 12.8. The molecule has 2 aromatic rings. The summed E-state index contributed by atoms with van der Waals surface area (Å²) in [7, 11) is -3.34. The molecule has 0 spiro atoms. The maximum atomic E-state index is 12.8. The van der Waals surface area contributed by atoms with Gasteiger partial charge in [-0.3, -0.25) is 9.78 Å². The van der Waals surface area contributed by atoms with Crippen LogP contribution in [-0.2, 0) is 9.84 Å². The molecule has 5 nitrogen and oxygen atoms in total. The Balaban J connectivity index is 1.97. The van der Waals surface area contributed by atoms with Gasteiger partial charge >= 0.3 is 0 Å². The summed E-state index contributed by atoms with van der Waals surface area (Å²) in [6, 6.07) is 3.31. The van der Waals surface area contributed by atoms with E-state index in [1.807, 2.05) is 6.92 Å². The van der Waals surface area contributed by atoms with Crippen molar-refractivity contribution in [2.24, 2.45) is 0 Å². The molecule has 3 rings (SSSR count). The highest BCUT2D eigenvalue weighted by atomic mass is 32.2. The Kier molecular flexibility index (Phi) is 5.14. The van der Waals surface area contributed by atoms with Crippen molar-refractivity contribution >= 4 is 21.7 Å². The number of ketones is 1. The molecule has 0 radical (unpaired) electrons. The van der Waals surface area contributed by atoms with Crippen LogP contribution in [0.5, 0.6) is 0 Å². The van der Waals surface area contributed by atoms with Gasteiger partial charge in [0, 0.05) is 18.7 Å². The molecule has 0 bridgehead atoms. The molecule has 2 heterocycles. The van der Waals surface area contributed by atoms with Gasteiger partial charge in [-0.25, -0.2) is 8.42 Å². The second kappa shape index (κ2) is 7.19. The number of sulfone groups is 1. The van der Waals surface area contributed by atoms with Crippen LogP contribution in [0.25, 0.3) is 17.5 Å². The minimum Gasteiger partial charge on any atom is -0.350 e. The third-order valence-electron chi connectivity index (χ3n) is 5.17. The van der Waals surface area contributed by atoms with Gasteiger partial charge in [-0.05, 0) is 37.5 Å². The first kappa shape index (κ1) is 18.6. The lowest BCUT2D eigenvalue weighted by Crippen LogP contribution is -2.24. The zero-order valence-electron chi connectivity index (χ0n) is 15.2. The second-order valence-corrected chi connectivity index (χ2v) is 9.09. The van der Waals surface area contributed by atoms with Crippen molar-refractivity contribution in [2.75, 3.05) is 0 Å². The maximum Gasteiger partial charge on any atom is 0.182 e. The monoisotopic (exact) mass is 372 g/mol. The Morgan fingerprint density at radius 1 is 1.27 bits per heavy atom. The van der Waals surface area contributed by atoms with Gasteiger partial charge in [-0.15, -0.1) is 0 Å². The van der Waals surface area contributed by atoms with Gasteiger partial charge in [0.15, 0.2) is 15.6 Å². The molecule has 1 aliphatic rings. The number of rotatable bonds is 5. The van der Waals surface area contributed by atoms with E-state index in [1.165, 1.54) is 13.1 Å². The molecule has 0 atom stereocenters. The van der Waals surface area contributed by atoms with Gasteiger partial charge in [-0.2, -0.15) is 0 Å². The van der Waals surface area contributed by atoms with Crippen LogP contribution in [0.2, 0.25) is 0 Å². The lowest BCUT2D eigenvalue weighted by atomic mass is 10.0. The van der Waals surface area contributed by atoms with Gasteiger partial charge in [0.2, 0.25) is 0 Å². The number of nitrogens with one attached hydrogen (secondary N) is 1. The molecule has 26 heavy (non-hydrogen) atoms. The van der Waals surface area contributed by atoms with Crippen LogP contribution in [0, 0.1) is 6.92 Å². The zero-order chi connectivity index (χ0) is 18.9. The number of carbonyl (C=O) groups excluding carboxylic acids is 1. The average molecular weight is 372 g/mol. The van der Waals surface area contributed by atoms with Crippen LogP contribution in [-0.4, -0.2) is 29.4 Å². The lowest BCUT2D eigenvalue weighted by Gasteiger charge is -2.21. The summed E-state index contributed by atoms with van der Waals surface area (Å²) in [5.74, 6) is -0.0617. The predicted molar refractivity (Wildman–Crippen MR) is 103 cm³/mol. The SMILES string of the molecule is C=Cc1c(-c2ccc(S(=O)(=O)C3CCCCC3)cn2)[nH]c(C(C)=O)c1C. The summed E-state index contributed by atoms with van der Waals surface area (Å²) < 4.78 is 25.6. The lowest BCUT2D eigenvalue weighted by molar-refractivity contribution is 0.101. The molecule has 0 aliphatic heterocycles. The van der Waals surface area contributed by atoms with Crippen LogP contribution in [0.3, 0.4) is 0 Å². The molecule has 6 heteroatoms. The Hall–Kier alpha value is -2.21. The van der Waals surface area contributed by atoms with Crippen LogP contribution >= 0.6 is 0 Å². The molecule has 0 saturated heterocycles. The fourth-order valence-corrected chi connectivity index (χ4v) is 5.48. The molecular formula is C20H24N2O3S. The molecule has 1 aliphatic carbocycles. The second-order valence-electron chi connectivity index (χ2n) is 6.86. The number of aromatic amines is 1. The standard InChI is InChI=1S/C20H24N2O3S/c1-4-17-13(2)19(14(3)23)22-20(17)18-11-10-16(12-21-18)26(24,25)15-8-6-5-7-9-15/h4,10-12,15,22H,1,5-9H2,2-3H3. The summed E-state index contributed by atoms with van der Waals surface area (Å²) in [6.45, 7) is 7.17. The molecule has 2 aromatic heterocycles. The minimum atomic E-state index is -3.34. The molecule has 1 N–H and O–H groups in total. The molecule has 1 saturated carbocycles. The van der Waals surface area contributed by atoms with E-state index in [0.29, 0.717) is 17.1 Å². The van der Waals surface area contributed by atoms with Crippen LogP contribution < -0.4 is 0 Å². The van der Waals surface area contributed by atoms with Crippen molar-refractivity contribution in [2.45, 2.75) is 56.1 Å². The number of hydrogen-bond donors (Lipinski definition) is 1. The molecule has 0 amide bonds. The van der Waals surface area contributed by atoms with Gasteiger partial charge in [-0.1, -0.05) is 31.9 Å². The van der Waals surface area contributed by atoms with Crippen molar-refractivity contribution in [3.8, 4) is 11.4 Å². The van der Waals surface area contributed by atoms with E-state index in [9.17, 15) is 13.2 Å². The predicted octanol–water partition coefficient (Wildman–Crippen LogP) is 4.34.